The summed E-state index contributed by atoms with van der Waals surface area (Å²) in [6.07, 6.45) is 8.85. The van der Waals surface area contributed by atoms with Crippen molar-refractivity contribution in [3.05, 3.63) is 24.3 Å². The van der Waals surface area contributed by atoms with Crippen LogP contribution in [0.4, 0.5) is 0 Å². The Labute approximate surface area is 102 Å². The van der Waals surface area contributed by atoms with E-state index in [9.17, 15) is 9.59 Å². The number of esters is 2. The monoisotopic (exact) mass is 240 g/mol. The van der Waals surface area contributed by atoms with E-state index in [1.165, 1.54) is 12.2 Å². The number of unbranched alkanes of at least 4 members (excludes halogenated alkanes) is 2. The highest BCUT2D eigenvalue weighted by Gasteiger charge is 1.93. The van der Waals surface area contributed by atoms with E-state index in [1.807, 2.05) is 0 Å². The van der Waals surface area contributed by atoms with Gasteiger partial charge in [-0.1, -0.05) is 12.2 Å². The Bertz CT molecular complexity index is 251. The first-order valence-electron chi connectivity index (χ1n) is 5.87. The van der Waals surface area contributed by atoms with Crippen LogP contribution in [0.2, 0.25) is 0 Å². The number of ether oxygens (including phenoxy) is 2. The fraction of sp³-hybridized carbons (Fsp3) is 0.538. The second kappa shape index (κ2) is 10.9. The molecule has 0 aromatic rings. The molecule has 0 aromatic heterocycles. The molecule has 0 unspecified atom stereocenters. The van der Waals surface area contributed by atoms with E-state index in [4.69, 9.17) is 9.47 Å². The van der Waals surface area contributed by atoms with E-state index in [2.05, 4.69) is 0 Å². The van der Waals surface area contributed by atoms with Gasteiger partial charge in [0.25, 0.3) is 0 Å². The lowest BCUT2D eigenvalue weighted by Crippen LogP contribution is -1.98. The molecule has 17 heavy (non-hydrogen) atoms. The molecule has 4 nitrogen and oxygen atoms in total. The number of allylic oxidation sites excluding steroid dienone is 2. The molecular weight excluding hydrogens is 220 g/mol. The standard InChI is InChI=1S/C13H20O4/c1-3-16-12(14)10-8-6-5-7-9-11-13(15)17-4-2/h8-11H,3-7H2,1-2H3/b10-8+,11-9+. The first kappa shape index (κ1) is 15.4. The van der Waals surface area contributed by atoms with Gasteiger partial charge in [-0.15, -0.1) is 0 Å². The first-order chi connectivity index (χ1) is 8.20. The van der Waals surface area contributed by atoms with Crippen molar-refractivity contribution >= 4 is 11.9 Å². The molecule has 96 valence electrons. The van der Waals surface area contributed by atoms with Crippen molar-refractivity contribution in [1.82, 2.24) is 0 Å². The second-order valence-electron chi connectivity index (χ2n) is 3.24. The molecule has 0 aromatic carbocycles. The van der Waals surface area contributed by atoms with Crippen LogP contribution in [0.25, 0.3) is 0 Å². The molecule has 0 bridgehead atoms. The fourth-order valence-electron chi connectivity index (χ4n) is 1.09. The summed E-state index contributed by atoms with van der Waals surface area (Å²) in [6, 6.07) is 0. The highest BCUT2D eigenvalue weighted by molar-refractivity contribution is 5.82. The van der Waals surface area contributed by atoms with Gasteiger partial charge in [-0.05, 0) is 33.1 Å². The van der Waals surface area contributed by atoms with E-state index in [0.717, 1.165) is 19.3 Å². The number of hydrogen-bond donors (Lipinski definition) is 0. The van der Waals surface area contributed by atoms with E-state index in [1.54, 1.807) is 26.0 Å². The van der Waals surface area contributed by atoms with Crippen LogP contribution in [0.3, 0.4) is 0 Å². The minimum atomic E-state index is -0.311. The third-order valence-corrected chi connectivity index (χ3v) is 1.82. The Hall–Kier alpha value is -1.58. The van der Waals surface area contributed by atoms with Crippen LogP contribution in [0.5, 0.6) is 0 Å². The summed E-state index contributed by atoms with van der Waals surface area (Å²) in [5.74, 6) is -0.621. The zero-order valence-electron chi connectivity index (χ0n) is 10.5. The van der Waals surface area contributed by atoms with Gasteiger partial charge in [0, 0.05) is 12.2 Å². The SMILES string of the molecule is CCOC(=O)/C=C/CCC/C=C/C(=O)OCC. The molecular formula is C13H20O4. The molecule has 0 radical (unpaired) electrons. The van der Waals surface area contributed by atoms with Gasteiger partial charge >= 0.3 is 11.9 Å². The van der Waals surface area contributed by atoms with Crippen molar-refractivity contribution in [2.45, 2.75) is 33.1 Å². The molecule has 0 rings (SSSR count). The van der Waals surface area contributed by atoms with E-state index >= 15 is 0 Å². The molecule has 0 N–H and O–H groups in total. The van der Waals surface area contributed by atoms with Gasteiger partial charge in [0.15, 0.2) is 0 Å². The largest absolute Gasteiger partial charge is 0.463 e. The fourth-order valence-corrected chi connectivity index (χ4v) is 1.09. The summed E-state index contributed by atoms with van der Waals surface area (Å²) >= 11 is 0. The predicted molar refractivity (Wildman–Crippen MR) is 65.4 cm³/mol. The van der Waals surface area contributed by atoms with Gasteiger partial charge in [-0.3, -0.25) is 0 Å². The summed E-state index contributed by atoms with van der Waals surface area (Å²) in [4.78, 5) is 21.8. The average Bonchev–Trinajstić information content (AvgIpc) is 2.28. The Kier molecular flexibility index (Phi) is 9.91. The lowest BCUT2D eigenvalue weighted by atomic mass is 10.2. The molecule has 0 aliphatic heterocycles. The Balaban J connectivity index is 3.52. The van der Waals surface area contributed by atoms with Gasteiger partial charge in [0.1, 0.15) is 0 Å². The van der Waals surface area contributed by atoms with Crippen LogP contribution >= 0.6 is 0 Å². The molecule has 0 saturated carbocycles. The summed E-state index contributed by atoms with van der Waals surface area (Å²) in [5, 5.41) is 0. The molecule has 0 spiro atoms. The summed E-state index contributed by atoms with van der Waals surface area (Å²) in [7, 11) is 0. The highest BCUT2D eigenvalue weighted by Crippen LogP contribution is 1.98. The smallest absolute Gasteiger partial charge is 0.330 e. The van der Waals surface area contributed by atoms with Crippen LogP contribution in [-0.4, -0.2) is 25.2 Å². The van der Waals surface area contributed by atoms with Crippen molar-refractivity contribution in [2.75, 3.05) is 13.2 Å². The average molecular weight is 240 g/mol. The van der Waals surface area contributed by atoms with Crippen LogP contribution in [-0.2, 0) is 19.1 Å². The second-order valence-corrected chi connectivity index (χ2v) is 3.24. The van der Waals surface area contributed by atoms with Crippen LogP contribution in [0.15, 0.2) is 24.3 Å². The number of carbonyl (C=O) groups excluding carboxylic acids is 2. The molecule has 0 aliphatic rings. The number of carbonyl (C=O) groups is 2. The molecule has 0 atom stereocenters. The Morgan fingerprint density at radius 3 is 1.65 bits per heavy atom. The Morgan fingerprint density at radius 1 is 0.882 bits per heavy atom. The molecule has 0 fully saturated rings. The van der Waals surface area contributed by atoms with Gasteiger partial charge in [-0.25, -0.2) is 9.59 Å². The molecule has 0 heterocycles. The van der Waals surface area contributed by atoms with Crippen molar-refractivity contribution in [3.63, 3.8) is 0 Å². The third kappa shape index (κ3) is 10.7. The van der Waals surface area contributed by atoms with E-state index < -0.39 is 0 Å². The Morgan fingerprint density at radius 2 is 1.29 bits per heavy atom. The van der Waals surface area contributed by atoms with Crippen LogP contribution < -0.4 is 0 Å². The topological polar surface area (TPSA) is 52.6 Å². The zero-order chi connectivity index (χ0) is 12.9. The van der Waals surface area contributed by atoms with Gasteiger partial charge < -0.3 is 9.47 Å². The molecule has 0 saturated heterocycles. The lowest BCUT2D eigenvalue weighted by Gasteiger charge is -1.95. The normalized spacial score (nSPS) is 10.9. The van der Waals surface area contributed by atoms with Crippen LogP contribution in [0.1, 0.15) is 33.1 Å². The van der Waals surface area contributed by atoms with Gasteiger partial charge in [0.2, 0.25) is 0 Å². The lowest BCUT2D eigenvalue weighted by molar-refractivity contribution is -0.138. The van der Waals surface area contributed by atoms with E-state index in [0.29, 0.717) is 13.2 Å². The van der Waals surface area contributed by atoms with Crippen molar-refractivity contribution in [2.24, 2.45) is 0 Å². The van der Waals surface area contributed by atoms with Crippen LogP contribution in [0, 0.1) is 0 Å². The minimum absolute atomic E-state index is 0.311. The molecule has 0 aliphatic carbocycles. The van der Waals surface area contributed by atoms with Crippen molar-refractivity contribution in [3.8, 4) is 0 Å². The van der Waals surface area contributed by atoms with Crippen molar-refractivity contribution < 1.29 is 19.1 Å². The maximum Gasteiger partial charge on any atom is 0.330 e. The highest BCUT2D eigenvalue weighted by atomic mass is 16.5. The predicted octanol–water partition coefficient (Wildman–Crippen LogP) is 2.40. The first-order valence-corrected chi connectivity index (χ1v) is 5.87. The zero-order valence-corrected chi connectivity index (χ0v) is 10.5. The van der Waals surface area contributed by atoms with Crippen molar-refractivity contribution in [1.29, 1.82) is 0 Å². The maximum absolute atomic E-state index is 10.9. The summed E-state index contributed by atoms with van der Waals surface area (Å²) in [6.45, 7) is 4.33. The number of hydrogen-bond acceptors (Lipinski definition) is 4. The van der Waals surface area contributed by atoms with Gasteiger partial charge in [0.05, 0.1) is 13.2 Å². The summed E-state index contributed by atoms with van der Waals surface area (Å²) in [5.41, 5.74) is 0. The molecule has 0 amide bonds. The van der Waals surface area contributed by atoms with E-state index in [-0.39, 0.29) is 11.9 Å². The third-order valence-electron chi connectivity index (χ3n) is 1.82. The number of rotatable bonds is 8. The quantitative estimate of drug-likeness (QED) is 0.371. The minimum Gasteiger partial charge on any atom is -0.463 e. The summed E-state index contributed by atoms with van der Waals surface area (Å²) < 4.78 is 9.45. The maximum atomic E-state index is 10.9. The van der Waals surface area contributed by atoms with Gasteiger partial charge in [-0.2, -0.15) is 0 Å². The molecule has 4 heteroatoms.